The highest BCUT2D eigenvalue weighted by Gasteiger charge is 2.07. The summed E-state index contributed by atoms with van der Waals surface area (Å²) in [5.41, 5.74) is 0. The summed E-state index contributed by atoms with van der Waals surface area (Å²) in [7, 11) is 1.81. The number of aliphatic hydroxyl groups is 1. The molecule has 2 nitrogen and oxygen atoms in total. The summed E-state index contributed by atoms with van der Waals surface area (Å²) in [6.07, 6.45) is 0.646. The third kappa shape index (κ3) is 4.08. The number of hydrogen-bond acceptors (Lipinski definition) is 3. The molecule has 0 spiro atoms. The Kier molecular flexibility index (Phi) is 5.73. The maximum Gasteiger partial charge on any atom is 0.159 e. The van der Waals surface area contributed by atoms with Crippen LogP contribution in [0.15, 0.2) is 23.1 Å². The van der Waals surface area contributed by atoms with Gasteiger partial charge in [0.2, 0.25) is 0 Å². The second-order valence-electron chi connectivity index (χ2n) is 3.38. The lowest BCUT2D eigenvalue weighted by atomic mass is 10.2. The van der Waals surface area contributed by atoms with Crippen molar-refractivity contribution in [2.24, 2.45) is 0 Å². The SMILES string of the molecule is CNC(CCO)CSc1ccc(F)c(F)c1. The molecule has 5 heteroatoms. The molecule has 0 saturated carbocycles. The average Bonchev–Trinajstić information content (AvgIpc) is 2.28. The van der Waals surface area contributed by atoms with E-state index in [2.05, 4.69) is 5.32 Å². The highest BCUT2D eigenvalue weighted by atomic mass is 32.2. The number of rotatable bonds is 6. The molecule has 0 amide bonds. The Balaban J connectivity index is 2.50. The topological polar surface area (TPSA) is 32.3 Å². The predicted molar refractivity (Wildman–Crippen MR) is 61.6 cm³/mol. The Bertz CT molecular complexity index is 336. The van der Waals surface area contributed by atoms with Gasteiger partial charge in [-0.25, -0.2) is 8.78 Å². The molecule has 0 saturated heterocycles. The smallest absolute Gasteiger partial charge is 0.159 e. The van der Waals surface area contributed by atoms with Crippen molar-refractivity contribution < 1.29 is 13.9 Å². The van der Waals surface area contributed by atoms with Gasteiger partial charge in [-0.05, 0) is 31.7 Å². The summed E-state index contributed by atoms with van der Waals surface area (Å²) >= 11 is 1.44. The molecule has 0 radical (unpaired) electrons. The van der Waals surface area contributed by atoms with Gasteiger partial charge in [0.05, 0.1) is 0 Å². The van der Waals surface area contributed by atoms with Crippen LogP contribution in [0, 0.1) is 11.6 Å². The van der Waals surface area contributed by atoms with Gasteiger partial charge in [-0.15, -0.1) is 11.8 Å². The summed E-state index contributed by atoms with van der Waals surface area (Å²) in [6.45, 7) is 0.115. The van der Waals surface area contributed by atoms with Crippen molar-refractivity contribution in [3.63, 3.8) is 0 Å². The molecule has 0 aliphatic heterocycles. The van der Waals surface area contributed by atoms with Crippen LogP contribution in [0.1, 0.15) is 6.42 Å². The lowest BCUT2D eigenvalue weighted by Gasteiger charge is -2.14. The molecular weight excluding hydrogens is 232 g/mol. The molecule has 1 rings (SSSR count). The molecule has 2 N–H and O–H groups in total. The first-order valence-corrected chi connectivity index (χ1v) is 6.02. The van der Waals surface area contributed by atoms with Gasteiger partial charge in [-0.1, -0.05) is 0 Å². The maximum absolute atomic E-state index is 12.9. The zero-order valence-electron chi connectivity index (χ0n) is 9.04. The second-order valence-corrected chi connectivity index (χ2v) is 4.48. The van der Waals surface area contributed by atoms with Crippen molar-refractivity contribution >= 4 is 11.8 Å². The number of benzene rings is 1. The first-order valence-electron chi connectivity index (χ1n) is 5.03. The molecule has 0 aliphatic carbocycles. The van der Waals surface area contributed by atoms with E-state index >= 15 is 0 Å². The van der Waals surface area contributed by atoms with Gasteiger partial charge in [0.25, 0.3) is 0 Å². The van der Waals surface area contributed by atoms with Gasteiger partial charge in [0.15, 0.2) is 11.6 Å². The summed E-state index contributed by atoms with van der Waals surface area (Å²) in [4.78, 5) is 0.692. The fourth-order valence-electron chi connectivity index (χ4n) is 1.23. The fourth-order valence-corrected chi connectivity index (χ4v) is 2.31. The van der Waals surface area contributed by atoms with Gasteiger partial charge in [-0.3, -0.25) is 0 Å². The summed E-state index contributed by atoms with van der Waals surface area (Å²) in [5.74, 6) is -0.944. The molecule has 0 heterocycles. The molecule has 90 valence electrons. The van der Waals surface area contributed by atoms with E-state index in [0.717, 1.165) is 6.07 Å². The van der Waals surface area contributed by atoms with E-state index < -0.39 is 11.6 Å². The summed E-state index contributed by atoms with van der Waals surface area (Å²) in [5, 5.41) is 11.8. The molecular formula is C11H15F2NOS. The second kappa shape index (κ2) is 6.83. The van der Waals surface area contributed by atoms with Crippen LogP contribution >= 0.6 is 11.8 Å². The number of aliphatic hydroxyl groups excluding tert-OH is 1. The third-order valence-electron chi connectivity index (χ3n) is 2.23. The highest BCUT2D eigenvalue weighted by Crippen LogP contribution is 2.21. The lowest BCUT2D eigenvalue weighted by molar-refractivity contribution is 0.273. The van der Waals surface area contributed by atoms with E-state index in [0.29, 0.717) is 17.1 Å². The van der Waals surface area contributed by atoms with E-state index in [1.807, 2.05) is 7.05 Å². The number of thioether (sulfide) groups is 1. The molecule has 1 unspecified atom stereocenters. The molecule has 1 aromatic rings. The first-order chi connectivity index (χ1) is 7.67. The largest absolute Gasteiger partial charge is 0.396 e. The van der Waals surface area contributed by atoms with Crippen molar-refractivity contribution in [1.82, 2.24) is 5.32 Å². The fraction of sp³-hybridized carbons (Fsp3) is 0.455. The van der Waals surface area contributed by atoms with Crippen LogP contribution < -0.4 is 5.32 Å². The van der Waals surface area contributed by atoms with Crippen molar-refractivity contribution in [1.29, 1.82) is 0 Å². The van der Waals surface area contributed by atoms with E-state index in [1.165, 1.54) is 17.8 Å². The molecule has 1 aromatic carbocycles. The highest BCUT2D eigenvalue weighted by molar-refractivity contribution is 7.99. The summed E-state index contributed by atoms with van der Waals surface area (Å²) in [6, 6.07) is 4.03. The third-order valence-corrected chi connectivity index (χ3v) is 3.38. The average molecular weight is 247 g/mol. The van der Waals surface area contributed by atoms with Gasteiger partial charge >= 0.3 is 0 Å². The van der Waals surface area contributed by atoms with Crippen molar-refractivity contribution in [3.05, 3.63) is 29.8 Å². The lowest BCUT2D eigenvalue weighted by Crippen LogP contribution is -2.28. The molecule has 0 aliphatic rings. The van der Waals surface area contributed by atoms with Crippen LogP contribution in [0.4, 0.5) is 8.78 Å². The van der Waals surface area contributed by atoms with Gasteiger partial charge in [0, 0.05) is 23.3 Å². The number of nitrogens with one attached hydrogen (secondary N) is 1. The summed E-state index contributed by atoms with van der Waals surface area (Å²) < 4.78 is 25.5. The molecule has 1 atom stereocenters. The van der Waals surface area contributed by atoms with Crippen LogP contribution in [0.3, 0.4) is 0 Å². The van der Waals surface area contributed by atoms with E-state index in [9.17, 15) is 8.78 Å². The van der Waals surface area contributed by atoms with Gasteiger partial charge in [-0.2, -0.15) is 0 Å². The number of hydrogen-bond donors (Lipinski definition) is 2. The molecule has 0 bridgehead atoms. The Morgan fingerprint density at radius 2 is 2.12 bits per heavy atom. The van der Waals surface area contributed by atoms with Crippen molar-refractivity contribution in [3.8, 4) is 0 Å². The zero-order chi connectivity index (χ0) is 12.0. The van der Waals surface area contributed by atoms with Gasteiger partial charge < -0.3 is 10.4 Å². The van der Waals surface area contributed by atoms with Crippen LogP contribution in [0.25, 0.3) is 0 Å². The standard InChI is InChI=1S/C11H15F2NOS/c1-14-8(4-5-15)7-16-9-2-3-10(12)11(13)6-9/h2-3,6,8,14-15H,4-5,7H2,1H3. The van der Waals surface area contributed by atoms with Crippen LogP contribution in [0.5, 0.6) is 0 Å². The van der Waals surface area contributed by atoms with E-state index in [4.69, 9.17) is 5.11 Å². The normalized spacial score (nSPS) is 12.8. The zero-order valence-corrected chi connectivity index (χ0v) is 9.86. The minimum absolute atomic E-state index is 0.115. The Labute approximate surface area is 98.1 Å². The minimum Gasteiger partial charge on any atom is -0.396 e. The molecule has 0 aromatic heterocycles. The van der Waals surface area contributed by atoms with Gasteiger partial charge in [0.1, 0.15) is 0 Å². The minimum atomic E-state index is -0.829. The van der Waals surface area contributed by atoms with Crippen molar-refractivity contribution in [2.75, 3.05) is 19.4 Å². The first kappa shape index (κ1) is 13.4. The van der Waals surface area contributed by atoms with Crippen molar-refractivity contribution in [2.45, 2.75) is 17.4 Å². The predicted octanol–water partition coefficient (Wildman–Crippen LogP) is 2.03. The Morgan fingerprint density at radius 1 is 1.38 bits per heavy atom. The van der Waals surface area contributed by atoms with E-state index in [1.54, 1.807) is 6.07 Å². The quantitative estimate of drug-likeness (QED) is 0.754. The van der Waals surface area contributed by atoms with E-state index in [-0.39, 0.29) is 12.6 Å². The Morgan fingerprint density at radius 3 is 2.69 bits per heavy atom. The van der Waals surface area contributed by atoms with Crippen LogP contribution in [-0.2, 0) is 0 Å². The van der Waals surface area contributed by atoms with Crippen LogP contribution in [-0.4, -0.2) is 30.6 Å². The monoisotopic (exact) mass is 247 g/mol. The molecule has 0 fully saturated rings. The number of halogens is 2. The molecule has 16 heavy (non-hydrogen) atoms. The van der Waals surface area contributed by atoms with Crippen LogP contribution in [0.2, 0.25) is 0 Å². The maximum atomic E-state index is 12.9. The Hall–Kier alpha value is -0.650.